The van der Waals surface area contributed by atoms with Crippen LogP contribution in [0, 0.1) is 5.82 Å². The molecule has 132 valence electrons. The summed E-state index contributed by atoms with van der Waals surface area (Å²) in [6.45, 7) is 2.24. The minimum Gasteiger partial charge on any atom is -0.356 e. The first-order valence-corrected chi connectivity index (χ1v) is 8.44. The predicted octanol–water partition coefficient (Wildman–Crippen LogP) is 1.43. The lowest BCUT2D eigenvalue weighted by Gasteiger charge is -2.26. The molecule has 1 unspecified atom stereocenters. The van der Waals surface area contributed by atoms with Crippen molar-refractivity contribution in [1.29, 1.82) is 0 Å². The molecule has 1 N–H and O–H groups in total. The molecule has 5 nitrogen and oxygen atoms in total. The molecule has 1 heterocycles. The van der Waals surface area contributed by atoms with Crippen molar-refractivity contribution in [3.8, 4) is 0 Å². The van der Waals surface area contributed by atoms with Crippen LogP contribution in [0.15, 0.2) is 24.3 Å². The molecular formula is C18H26FN3O2. The Morgan fingerprint density at radius 3 is 2.79 bits per heavy atom. The monoisotopic (exact) mass is 335 g/mol. The number of nitrogens with one attached hydrogen (secondary N) is 1. The van der Waals surface area contributed by atoms with Gasteiger partial charge in [0, 0.05) is 27.2 Å². The Kier molecular flexibility index (Phi) is 6.73. The number of benzene rings is 1. The third-order valence-electron chi connectivity index (χ3n) is 4.34. The van der Waals surface area contributed by atoms with Crippen LogP contribution in [0.3, 0.4) is 0 Å². The molecule has 1 atom stereocenters. The largest absolute Gasteiger partial charge is 0.356 e. The van der Waals surface area contributed by atoms with Crippen molar-refractivity contribution in [1.82, 2.24) is 15.1 Å². The number of carbonyl (C=O) groups excluding carboxylic acids is 2. The molecule has 1 aromatic carbocycles. The van der Waals surface area contributed by atoms with Gasteiger partial charge in [-0.2, -0.15) is 0 Å². The molecule has 0 aromatic heterocycles. The van der Waals surface area contributed by atoms with E-state index in [0.717, 1.165) is 32.4 Å². The summed E-state index contributed by atoms with van der Waals surface area (Å²) in [6.07, 6.45) is 2.76. The minimum absolute atomic E-state index is 0.0332. The van der Waals surface area contributed by atoms with E-state index in [2.05, 4.69) is 10.2 Å². The standard InChI is InChI=1S/C18H26FN3O2/c1-21(2)18(24)16-9-5-11-22(16)12-6-10-20-17(23)13-14-7-3-4-8-15(14)19/h3-4,7-8,16H,5-6,9-13H2,1-2H3,(H,20,23). The lowest BCUT2D eigenvalue weighted by atomic mass is 10.1. The van der Waals surface area contributed by atoms with Crippen LogP contribution in [0.1, 0.15) is 24.8 Å². The van der Waals surface area contributed by atoms with E-state index in [-0.39, 0.29) is 30.1 Å². The van der Waals surface area contributed by atoms with Gasteiger partial charge in [0.1, 0.15) is 5.82 Å². The highest BCUT2D eigenvalue weighted by molar-refractivity contribution is 5.81. The summed E-state index contributed by atoms with van der Waals surface area (Å²) in [6, 6.07) is 6.28. The average molecular weight is 335 g/mol. The van der Waals surface area contributed by atoms with E-state index in [9.17, 15) is 14.0 Å². The normalized spacial score (nSPS) is 17.7. The van der Waals surface area contributed by atoms with Crippen molar-refractivity contribution in [3.05, 3.63) is 35.6 Å². The highest BCUT2D eigenvalue weighted by Crippen LogP contribution is 2.18. The Morgan fingerprint density at radius 2 is 2.08 bits per heavy atom. The Balaban J connectivity index is 1.70. The summed E-state index contributed by atoms with van der Waals surface area (Å²) in [5, 5.41) is 2.82. The zero-order chi connectivity index (χ0) is 17.5. The minimum atomic E-state index is -0.352. The highest BCUT2D eigenvalue weighted by Gasteiger charge is 2.30. The maximum Gasteiger partial charge on any atom is 0.239 e. The predicted molar refractivity (Wildman–Crippen MR) is 91.0 cm³/mol. The van der Waals surface area contributed by atoms with Gasteiger partial charge in [-0.1, -0.05) is 18.2 Å². The fraction of sp³-hybridized carbons (Fsp3) is 0.556. The zero-order valence-corrected chi connectivity index (χ0v) is 14.4. The third kappa shape index (κ3) is 5.03. The van der Waals surface area contributed by atoms with Crippen molar-refractivity contribution in [2.24, 2.45) is 0 Å². The Labute approximate surface area is 142 Å². The van der Waals surface area contributed by atoms with E-state index in [1.807, 2.05) is 0 Å². The van der Waals surface area contributed by atoms with Gasteiger partial charge < -0.3 is 10.2 Å². The van der Waals surface area contributed by atoms with E-state index < -0.39 is 0 Å². The number of hydrogen-bond donors (Lipinski definition) is 1. The Morgan fingerprint density at radius 1 is 1.33 bits per heavy atom. The quantitative estimate of drug-likeness (QED) is 0.767. The second-order valence-electron chi connectivity index (χ2n) is 6.40. The molecule has 0 aliphatic carbocycles. The van der Waals surface area contributed by atoms with Crippen LogP contribution in [0.2, 0.25) is 0 Å². The molecule has 1 aliphatic heterocycles. The molecule has 2 amide bonds. The smallest absolute Gasteiger partial charge is 0.239 e. The fourth-order valence-electron chi connectivity index (χ4n) is 3.06. The van der Waals surface area contributed by atoms with Gasteiger partial charge in [-0.05, 0) is 37.4 Å². The van der Waals surface area contributed by atoms with Crippen molar-refractivity contribution >= 4 is 11.8 Å². The number of rotatable bonds is 7. The maximum absolute atomic E-state index is 13.5. The molecule has 24 heavy (non-hydrogen) atoms. The lowest BCUT2D eigenvalue weighted by Crippen LogP contribution is -2.43. The van der Waals surface area contributed by atoms with Crippen LogP contribution < -0.4 is 5.32 Å². The fourth-order valence-corrected chi connectivity index (χ4v) is 3.06. The molecule has 0 saturated carbocycles. The van der Waals surface area contributed by atoms with Crippen molar-refractivity contribution < 1.29 is 14.0 Å². The number of amides is 2. The third-order valence-corrected chi connectivity index (χ3v) is 4.34. The maximum atomic E-state index is 13.5. The van der Waals surface area contributed by atoms with Gasteiger partial charge in [-0.3, -0.25) is 14.5 Å². The zero-order valence-electron chi connectivity index (χ0n) is 14.4. The molecule has 0 radical (unpaired) electrons. The second kappa shape index (κ2) is 8.78. The van der Waals surface area contributed by atoms with E-state index in [1.54, 1.807) is 37.2 Å². The summed E-state index contributed by atoms with van der Waals surface area (Å²) >= 11 is 0. The van der Waals surface area contributed by atoms with E-state index in [4.69, 9.17) is 0 Å². The van der Waals surface area contributed by atoms with Gasteiger partial charge >= 0.3 is 0 Å². The number of likely N-dealkylation sites (N-methyl/N-ethyl adjacent to an activating group) is 1. The van der Waals surface area contributed by atoms with Crippen LogP contribution in [-0.4, -0.2) is 61.4 Å². The van der Waals surface area contributed by atoms with Gasteiger partial charge in [-0.15, -0.1) is 0 Å². The van der Waals surface area contributed by atoms with Gasteiger partial charge in [-0.25, -0.2) is 4.39 Å². The molecule has 1 aromatic rings. The second-order valence-corrected chi connectivity index (χ2v) is 6.40. The van der Waals surface area contributed by atoms with Crippen molar-refractivity contribution in [2.75, 3.05) is 33.7 Å². The summed E-state index contributed by atoms with van der Waals surface area (Å²) in [5.74, 6) is -0.381. The Bertz CT molecular complexity index is 577. The van der Waals surface area contributed by atoms with Crippen molar-refractivity contribution in [3.63, 3.8) is 0 Å². The molecule has 0 bridgehead atoms. The lowest BCUT2D eigenvalue weighted by molar-refractivity contribution is -0.133. The topological polar surface area (TPSA) is 52.7 Å². The van der Waals surface area contributed by atoms with E-state index in [0.29, 0.717) is 12.1 Å². The van der Waals surface area contributed by atoms with Gasteiger partial charge in [0.25, 0.3) is 0 Å². The summed E-state index contributed by atoms with van der Waals surface area (Å²) in [4.78, 5) is 27.8. The number of hydrogen-bond acceptors (Lipinski definition) is 3. The van der Waals surface area contributed by atoms with Gasteiger partial charge in [0.05, 0.1) is 12.5 Å². The van der Waals surface area contributed by atoms with Gasteiger partial charge in [0.15, 0.2) is 0 Å². The number of halogens is 1. The molecule has 1 saturated heterocycles. The molecular weight excluding hydrogens is 309 g/mol. The average Bonchev–Trinajstić information content (AvgIpc) is 3.01. The summed E-state index contributed by atoms with van der Waals surface area (Å²) in [5.41, 5.74) is 0.409. The SMILES string of the molecule is CN(C)C(=O)C1CCCN1CCCNC(=O)Cc1ccccc1F. The first-order chi connectivity index (χ1) is 11.5. The van der Waals surface area contributed by atoms with Crippen LogP contribution in [-0.2, 0) is 16.0 Å². The first-order valence-electron chi connectivity index (χ1n) is 8.44. The Hall–Kier alpha value is -1.95. The number of carbonyl (C=O) groups is 2. The molecule has 1 aliphatic rings. The summed E-state index contributed by atoms with van der Waals surface area (Å²) < 4.78 is 13.5. The highest BCUT2D eigenvalue weighted by atomic mass is 19.1. The molecule has 0 spiro atoms. The van der Waals surface area contributed by atoms with Crippen LogP contribution >= 0.6 is 0 Å². The van der Waals surface area contributed by atoms with Crippen LogP contribution in [0.5, 0.6) is 0 Å². The van der Waals surface area contributed by atoms with Crippen LogP contribution in [0.25, 0.3) is 0 Å². The van der Waals surface area contributed by atoms with E-state index in [1.165, 1.54) is 6.07 Å². The number of nitrogens with zero attached hydrogens (tertiary/aromatic N) is 2. The summed E-state index contributed by atoms with van der Waals surface area (Å²) in [7, 11) is 3.56. The number of likely N-dealkylation sites (tertiary alicyclic amines) is 1. The van der Waals surface area contributed by atoms with Crippen molar-refractivity contribution in [2.45, 2.75) is 31.7 Å². The molecule has 1 fully saturated rings. The molecule has 6 heteroatoms. The van der Waals surface area contributed by atoms with Gasteiger partial charge in [0.2, 0.25) is 11.8 Å². The molecule has 2 rings (SSSR count). The first kappa shape index (κ1) is 18.4. The van der Waals surface area contributed by atoms with Crippen LogP contribution in [0.4, 0.5) is 4.39 Å². The van der Waals surface area contributed by atoms with E-state index >= 15 is 0 Å².